The fourth-order valence-electron chi connectivity index (χ4n) is 2.12. The molecule has 21 heavy (non-hydrogen) atoms. The van der Waals surface area contributed by atoms with Gasteiger partial charge in [-0.25, -0.2) is 0 Å². The number of rotatable bonds is 7. The summed E-state index contributed by atoms with van der Waals surface area (Å²) in [5.41, 5.74) is 2.00. The normalized spacial score (nSPS) is 12.1. The molecular formula is C17H20BrNO2. The fraction of sp³-hybridized carbons (Fsp3) is 0.294. The SMILES string of the molecule is CCOc1ccc(Br)cc1CNC[C@H](O)c1ccccc1. The summed E-state index contributed by atoms with van der Waals surface area (Å²) in [5.74, 6) is 0.877. The molecule has 0 fully saturated rings. The molecule has 0 aliphatic rings. The van der Waals surface area contributed by atoms with Crippen molar-refractivity contribution in [2.24, 2.45) is 0 Å². The summed E-state index contributed by atoms with van der Waals surface area (Å²) in [7, 11) is 0. The van der Waals surface area contributed by atoms with E-state index in [4.69, 9.17) is 4.74 Å². The number of hydrogen-bond acceptors (Lipinski definition) is 3. The third-order valence-corrected chi connectivity index (χ3v) is 3.65. The van der Waals surface area contributed by atoms with E-state index in [9.17, 15) is 5.11 Å². The lowest BCUT2D eigenvalue weighted by Crippen LogP contribution is -2.21. The van der Waals surface area contributed by atoms with Gasteiger partial charge >= 0.3 is 0 Å². The molecule has 0 bridgehead atoms. The molecular weight excluding hydrogens is 330 g/mol. The molecule has 112 valence electrons. The van der Waals surface area contributed by atoms with Gasteiger partial charge in [0.1, 0.15) is 5.75 Å². The van der Waals surface area contributed by atoms with E-state index in [1.807, 2.05) is 55.5 Å². The van der Waals surface area contributed by atoms with Gasteiger partial charge in [0.25, 0.3) is 0 Å². The van der Waals surface area contributed by atoms with Crippen LogP contribution in [0.5, 0.6) is 5.75 Å². The van der Waals surface area contributed by atoms with Gasteiger partial charge in [0.05, 0.1) is 12.7 Å². The molecule has 0 amide bonds. The standard InChI is InChI=1S/C17H20BrNO2/c1-2-21-17-9-8-15(18)10-14(17)11-19-12-16(20)13-6-4-3-5-7-13/h3-10,16,19-20H,2,11-12H2,1H3/t16-/m0/s1. The van der Waals surface area contributed by atoms with Crippen LogP contribution in [0.1, 0.15) is 24.2 Å². The molecule has 0 aliphatic carbocycles. The van der Waals surface area contributed by atoms with Crippen molar-refractivity contribution in [1.82, 2.24) is 5.32 Å². The number of halogens is 1. The van der Waals surface area contributed by atoms with Gasteiger partial charge in [0.15, 0.2) is 0 Å². The van der Waals surface area contributed by atoms with Crippen LogP contribution in [-0.4, -0.2) is 18.3 Å². The summed E-state index contributed by atoms with van der Waals surface area (Å²) in [6.07, 6.45) is -0.506. The van der Waals surface area contributed by atoms with Crippen molar-refractivity contribution in [3.63, 3.8) is 0 Å². The van der Waals surface area contributed by atoms with Crippen LogP contribution in [0.2, 0.25) is 0 Å². The van der Waals surface area contributed by atoms with Crippen molar-refractivity contribution in [2.75, 3.05) is 13.2 Å². The van der Waals surface area contributed by atoms with Crippen molar-refractivity contribution in [1.29, 1.82) is 0 Å². The van der Waals surface area contributed by atoms with E-state index >= 15 is 0 Å². The molecule has 2 rings (SSSR count). The number of hydrogen-bond donors (Lipinski definition) is 2. The average Bonchev–Trinajstić information content (AvgIpc) is 2.51. The molecule has 3 nitrogen and oxygen atoms in total. The number of ether oxygens (including phenoxy) is 1. The highest BCUT2D eigenvalue weighted by atomic mass is 79.9. The Morgan fingerprint density at radius 2 is 1.95 bits per heavy atom. The third kappa shape index (κ3) is 4.84. The molecule has 0 spiro atoms. The van der Waals surface area contributed by atoms with Gasteiger partial charge in [-0.05, 0) is 30.7 Å². The first-order chi connectivity index (χ1) is 10.2. The molecule has 0 aromatic heterocycles. The summed E-state index contributed by atoms with van der Waals surface area (Å²) in [6.45, 7) is 3.76. The molecule has 4 heteroatoms. The molecule has 2 aromatic rings. The number of aliphatic hydroxyl groups is 1. The summed E-state index contributed by atoms with van der Waals surface area (Å²) < 4.78 is 6.63. The van der Waals surface area contributed by atoms with Crippen molar-refractivity contribution in [3.8, 4) is 5.75 Å². The average molecular weight is 350 g/mol. The van der Waals surface area contributed by atoms with Gasteiger partial charge in [-0.3, -0.25) is 0 Å². The van der Waals surface area contributed by atoms with Gasteiger partial charge in [-0.2, -0.15) is 0 Å². The maximum absolute atomic E-state index is 10.1. The van der Waals surface area contributed by atoms with Gasteiger partial charge in [-0.15, -0.1) is 0 Å². The zero-order valence-corrected chi connectivity index (χ0v) is 13.6. The highest BCUT2D eigenvalue weighted by molar-refractivity contribution is 9.10. The molecule has 0 heterocycles. The van der Waals surface area contributed by atoms with E-state index in [1.165, 1.54) is 0 Å². The van der Waals surface area contributed by atoms with Crippen LogP contribution in [0.15, 0.2) is 53.0 Å². The van der Waals surface area contributed by atoms with Crippen LogP contribution < -0.4 is 10.1 Å². The van der Waals surface area contributed by atoms with Gasteiger partial charge in [0, 0.05) is 23.1 Å². The highest BCUT2D eigenvalue weighted by Crippen LogP contribution is 2.23. The first-order valence-electron chi connectivity index (χ1n) is 7.05. The molecule has 0 aliphatic heterocycles. The third-order valence-electron chi connectivity index (χ3n) is 3.16. The fourth-order valence-corrected chi connectivity index (χ4v) is 2.53. The van der Waals surface area contributed by atoms with E-state index in [0.717, 1.165) is 21.3 Å². The topological polar surface area (TPSA) is 41.5 Å². The van der Waals surface area contributed by atoms with Gasteiger partial charge in [0.2, 0.25) is 0 Å². The molecule has 0 unspecified atom stereocenters. The lowest BCUT2D eigenvalue weighted by molar-refractivity contribution is 0.174. The minimum absolute atomic E-state index is 0.502. The molecule has 2 N–H and O–H groups in total. The number of benzene rings is 2. The summed E-state index contributed by atoms with van der Waals surface area (Å²) >= 11 is 3.47. The zero-order chi connectivity index (χ0) is 15.1. The van der Waals surface area contributed by atoms with Crippen LogP contribution in [0, 0.1) is 0 Å². The van der Waals surface area contributed by atoms with E-state index in [2.05, 4.69) is 21.2 Å². The molecule has 2 aromatic carbocycles. The van der Waals surface area contributed by atoms with Crippen molar-refractivity contribution >= 4 is 15.9 Å². The minimum Gasteiger partial charge on any atom is -0.494 e. The minimum atomic E-state index is -0.506. The predicted molar refractivity (Wildman–Crippen MR) is 88.4 cm³/mol. The lowest BCUT2D eigenvalue weighted by Gasteiger charge is -2.14. The first kappa shape index (κ1) is 16.0. The smallest absolute Gasteiger partial charge is 0.123 e. The Kier molecular flexibility index (Phi) is 6.23. The van der Waals surface area contributed by atoms with Crippen LogP contribution in [-0.2, 0) is 6.54 Å². The molecule has 1 atom stereocenters. The Balaban J connectivity index is 1.92. The van der Waals surface area contributed by atoms with E-state index in [0.29, 0.717) is 19.7 Å². The van der Waals surface area contributed by atoms with Gasteiger partial charge < -0.3 is 15.2 Å². The lowest BCUT2D eigenvalue weighted by atomic mass is 10.1. The maximum Gasteiger partial charge on any atom is 0.123 e. The highest BCUT2D eigenvalue weighted by Gasteiger charge is 2.08. The largest absolute Gasteiger partial charge is 0.494 e. The summed E-state index contributed by atoms with van der Waals surface area (Å²) in [4.78, 5) is 0. The monoisotopic (exact) mass is 349 g/mol. The van der Waals surface area contributed by atoms with E-state index < -0.39 is 6.10 Å². The zero-order valence-electron chi connectivity index (χ0n) is 12.1. The number of aliphatic hydroxyl groups excluding tert-OH is 1. The quantitative estimate of drug-likeness (QED) is 0.801. The second-order valence-electron chi connectivity index (χ2n) is 4.74. The molecule has 0 saturated heterocycles. The van der Waals surface area contributed by atoms with Crippen LogP contribution in [0.3, 0.4) is 0 Å². The van der Waals surface area contributed by atoms with Crippen LogP contribution in [0.25, 0.3) is 0 Å². The van der Waals surface area contributed by atoms with Crippen molar-refractivity contribution < 1.29 is 9.84 Å². The van der Waals surface area contributed by atoms with Crippen molar-refractivity contribution in [2.45, 2.75) is 19.6 Å². The predicted octanol–water partition coefficient (Wildman–Crippen LogP) is 3.67. The van der Waals surface area contributed by atoms with E-state index in [1.54, 1.807) is 0 Å². The Morgan fingerprint density at radius 1 is 1.19 bits per heavy atom. The Hall–Kier alpha value is -1.36. The summed E-state index contributed by atoms with van der Waals surface area (Å²) in [5, 5.41) is 13.4. The van der Waals surface area contributed by atoms with Crippen LogP contribution >= 0.6 is 15.9 Å². The Morgan fingerprint density at radius 3 is 2.67 bits per heavy atom. The Labute approximate surface area is 134 Å². The van der Waals surface area contributed by atoms with Gasteiger partial charge in [-0.1, -0.05) is 46.3 Å². The number of nitrogens with one attached hydrogen (secondary N) is 1. The summed E-state index contributed by atoms with van der Waals surface area (Å²) in [6, 6.07) is 15.6. The van der Waals surface area contributed by atoms with E-state index in [-0.39, 0.29) is 0 Å². The second-order valence-corrected chi connectivity index (χ2v) is 5.66. The molecule has 0 saturated carbocycles. The second kappa shape index (κ2) is 8.17. The maximum atomic E-state index is 10.1. The Bertz CT molecular complexity index is 560. The van der Waals surface area contributed by atoms with Crippen molar-refractivity contribution in [3.05, 3.63) is 64.1 Å². The van der Waals surface area contributed by atoms with Crippen LogP contribution in [0.4, 0.5) is 0 Å². The molecule has 0 radical (unpaired) electrons. The first-order valence-corrected chi connectivity index (χ1v) is 7.85.